The Morgan fingerprint density at radius 2 is 1.73 bits per heavy atom. The van der Waals surface area contributed by atoms with Gasteiger partial charge < -0.3 is 5.32 Å². The van der Waals surface area contributed by atoms with Gasteiger partial charge in [0.25, 0.3) is 0 Å². The zero-order valence-electron chi connectivity index (χ0n) is 12.8. The second-order valence-electron chi connectivity index (χ2n) is 6.07. The van der Waals surface area contributed by atoms with Crippen molar-refractivity contribution < 1.29 is 4.39 Å². The monoisotopic (exact) mass is 299 g/mol. The molecule has 3 rings (SSSR count). The van der Waals surface area contributed by atoms with Gasteiger partial charge >= 0.3 is 0 Å². The second-order valence-corrected chi connectivity index (χ2v) is 6.07. The van der Waals surface area contributed by atoms with Crippen molar-refractivity contribution in [1.82, 2.24) is 15.5 Å². The first kappa shape index (κ1) is 15.1. The molecule has 1 unspecified atom stereocenters. The van der Waals surface area contributed by atoms with Gasteiger partial charge in [0.2, 0.25) is 0 Å². The Morgan fingerprint density at radius 3 is 2.50 bits per heavy atom. The van der Waals surface area contributed by atoms with Gasteiger partial charge in [0.05, 0.1) is 11.4 Å². The first-order chi connectivity index (χ1) is 10.8. The number of halogens is 1. The zero-order chi connectivity index (χ0) is 15.2. The fourth-order valence-electron chi connectivity index (χ4n) is 2.99. The van der Waals surface area contributed by atoms with E-state index in [1.54, 1.807) is 12.1 Å². The lowest BCUT2D eigenvalue weighted by molar-refractivity contribution is 0.463. The van der Waals surface area contributed by atoms with Crippen molar-refractivity contribution in [3.05, 3.63) is 59.2 Å². The molecule has 0 spiro atoms. The van der Waals surface area contributed by atoms with Gasteiger partial charge in [0, 0.05) is 6.42 Å². The minimum Gasteiger partial charge on any atom is -0.317 e. The van der Waals surface area contributed by atoms with E-state index in [9.17, 15) is 4.39 Å². The SMILES string of the molecule is Fc1ccc(Cc2ccc(CC3CCCNCC3)nn2)cc1. The molecular weight excluding hydrogens is 277 g/mol. The smallest absolute Gasteiger partial charge is 0.123 e. The summed E-state index contributed by atoms with van der Waals surface area (Å²) in [4.78, 5) is 0. The molecule has 1 N–H and O–H groups in total. The van der Waals surface area contributed by atoms with Gasteiger partial charge in [-0.15, -0.1) is 0 Å². The van der Waals surface area contributed by atoms with E-state index in [2.05, 4.69) is 21.6 Å². The van der Waals surface area contributed by atoms with Crippen LogP contribution in [0.15, 0.2) is 36.4 Å². The third-order valence-electron chi connectivity index (χ3n) is 4.27. The van der Waals surface area contributed by atoms with E-state index in [0.717, 1.165) is 36.5 Å². The molecule has 2 heterocycles. The lowest BCUT2D eigenvalue weighted by Crippen LogP contribution is -2.14. The fourth-order valence-corrected chi connectivity index (χ4v) is 2.99. The van der Waals surface area contributed by atoms with E-state index >= 15 is 0 Å². The van der Waals surface area contributed by atoms with Crippen LogP contribution < -0.4 is 5.32 Å². The summed E-state index contributed by atoms with van der Waals surface area (Å²) in [5, 5.41) is 12.1. The first-order valence-corrected chi connectivity index (χ1v) is 8.06. The highest BCUT2D eigenvalue weighted by Gasteiger charge is 2.13. The Morgan fingerprint density at radius 1 is 0.955 bits per heavy atom. The maximum absolute atomic E-state index is 12.9. The Bertz CT molecular complexity index is 572. The number of hydrogen-bond acceptors (Lipinski definition) is 3. The zero-order valence-corrected chi connectivity index (χ0v) is 12.8. The number of aromatic nitrogens is 2. The van der Waals surface area contributed by atoms with Crippen molar-refractivity contribution in [2.75, 3.05) is 13.1 Å². The van der Waals surface area contributed by atoms with Gasteiger partial charge in [-0.25, -0.2) is 4.39 Å². The van der Waals surface area contributed by atoms with E-state index in [1.165, 1.54) is 31.4 Å². The Kier molecular flexibility index (Phi) is 5.11. The Labute approximate surface area is 131 Å². The molecule has 22 heavy (non-hydrogen) atoms. The van der Waals surface area contributed by atoms with Crippen LogP contribution >= 0.6 is 0 Å². The van der Waals surface area contributed by atoms with Gasteiger partial charge in [0.15, 0.2) is 0 Å². The maximum Gasteiger partial charge on any atom is 0.123 e. The molecule has 116 valence electrons. The molecule has 1 fully saturated rings. The molecule has 1 aliphatic rings. The summed E-state index contributed by atoms with van der Waals surface area (Å²) in [6, 6.07) is 10.7. The number of rotatable bonds is 4. The summed E-state index contributed by atoms with van der Waals surface area (Å²) < 4.78 is 12.9. The molecule has 0 radical (unpaired) electrons. The van der Waals surface area contributed by atoms with Crippen LogP contribution in [-0.4, -0.2) is 23.3 Å². The fraction of sp³-hybridized carbons (Fsp3) is 0.444. The Hall–Kier alpha value is -1.81. The summed E-state index contributed by atoms with van der Waals surface area (Å²) in [6.45, 7) is 2.25. The average Bonchev–Trinajstić information content (AvgIpc) is 2.80. The minimum atomic E-state index is -0.205. The van der Waals surface area contributed by atoms with E-state index in [4.69, 9.17) is 0 Å². The Balaban J connectivity index is 1.58. The average molecular weight is 299 g/mol. The van der Waals surface area contributed by atoms with Crippen LogP contribution in [0.2, 0.25) is 0 Å². The molecule has 1 saturated heterocycles. The van der Waals surface area contributed by atoms with Crippen LogP contribution in [0.1, 0.15) is 36.2 Å². The van der Waals surface area contributed by atoms with Gasteiger partial charge in [-0.3, -0.25) is 0 Å². The van der Waals surface area contributed by atoms with E-state index in [0.29, 0.717) is 12.3 Å². The summed E-state index contributed by atoms with van der Waals surface area (Å²) in [6.07, 6.45) is 5.46. The van der Waals surface area contributed by atoms with E-state index in [1.807, 2.05) is 6.07 Å². The lowest BCUT2D eigenvalue weighted by atomic mass is 9.95. The van der Waals surface area contributed by atoms with Crippen molar-refractivity contribution in [1.29, 1.82) is 0 Å². The van der Waals surface area contributed by atoms with Crippen LogP contribution in [0.3, 0.4) is 0 Å². The maximum atomic E-state index is 12.9. The molecule has 4 heteroatoms. The van der Waals surface area contributed by atoms with Crippen molar-refractivity contribution in [2.24, 2.45) is 5.92 Å². The topological polar surface area (TPSA) is 37.8 Å². The van der Waals surface area contributed by atoms with E-state index < -0.39 is 0 Å². The number of benzene rings is 1. The predicted molar refractivity (Wildman–Crippen MR) is 85.2 cm³/mol. The molecule has 1 aromatic heterocycles. The molecule has 0 amide bonds. The first-order valence-electron chi connectivity index (χ1n) is 8.06. The van der Waals surface area contributed by atoms with Crippen molar-refractivity contribution in [2.45, 2.75) is 32.1 Å². The highest BCUT2D eigenvalue weighted by molar-refractivity contribution is 5.22. The number of hydrogen-bond donors (Lipinski definition) is 1. The van der Waals surface area contributed by atoms with Gasteiger partial charge in [-0.2, -0.15) is 10.2 Å². The molecule has 2 aromatic rings. The third-order valence-corrected chi connectivity index (χ3v) is 4.27. The lowest BCUT2D eigenvalue weighted by Gasteiger charge is -2.12. The molecule has 0 saturated carbocycles. The normalized spacial score (nSPS) is 18.9. The predicted octanol–water partition coefficient (Wildman–Crippen LogP) is 3.14. The van der Waals surface area contributed by atoms with Crippen LogP contribution in [0.5, 0.6) is 0 Å². The van der Waals surface area contributed by atoms with Gasteiger partial charge in [0.1, 0.15) is 5.82 Å². The standard InChI is InChI=1S/C18H22FN3/c19-16-5-3-15(4-6-16)13-18-8-7-17(21-22-18)12-14-2-1-10-20-11-9-14/h3-8,14,20H,1-2,9-13H2. The second kappa shape index (κ2) is 7.45. The number of nitrogens with one attached hydrogen (secondary N) is 1. The van der Waals surface area contributed by atoms with Crippen molar-refractivity contribution in [3.63, 3.8) is 0 Å². The van der Waals surface area contributed by atoms with Crippen molar-refractivity contribution >= 4 is 0 Å². The van der Waals surface area contributed by atoms with E-state index in [-0.39, 0.29) is 5.82 Å². The van der Waals surface area contributed by atoms with Crippen LogP contribution in [0, 0.1) is 11.7 Å². The highest BCUT2D eigenvalue weighted by Crippen LogP contribution is 2.18. The molecule has 3 nitrogen and oxygen atoms in total. The molecule has 1 aromatic carbocycles. The third kappa shape index (κ3) is 4.34. The molecule has 1 atom stereocenters. The largest absolute Gasteiger partial charge is 0.317 e. The van der Waals surface area contributed by atoms with Crippen LogP contribution in [0.4, 0.5) is 4.39 Å². The summed E-state index contributed by atoms with van der Waals surface area (Å²) in [7, 11) is 0. The molecule has 0 bridgehead atoms. The summed E-state index contributed by atoms with van der Waals surface area (Å²) in [5.74, 6) is 0.510. The van der Waals surface area contributed by atoms with Crippen molar-refractivity contribution in [3.8, 4) is 0 Å². The summed E-state index contributed by atoms with van der Waals surface area (Å²) >= 11 is 0. The van der Waals surface area contributed by atoms with Gasteiger partial charge in [-0.1, -0.05) is 12.1 Å². The quantitative estimate of drug-likeness (QED) is 0.942. The number of nitrogens with zero attached hydrogens (tertiary/aromatic N) is 2. The highest BCUT2D eigenvalue weighted by atomic mass is 19.1. The molecule has 0 aliphatic carbocycles. The van der Waals surface area contributed by atoms with Crippen LogP contribution in [-0.2, 0) is 12.8 Å². The summed E-state index contributed by atoms with van der Waals surface area (Å²) in [5.41, 5.74) is 3.06. The minimum absolute atomic E-state index is 0.205. The van der Waals surface area contributed by atoms with Crippen LogP contribution in [0.25, 0.3) is 0 Å². The molecular formula is C18H22FN3. The van der Waals surface area contributed by atoms with Gasteiger partial charge in [-0.05, 0) is 74.5 Å². The molecule has 1 aliphatic heterocycles.